The van der Waals surface area contributed by atoms with E-state index in [1.165, 1.54) is 36.3 Å². The van der Waals surface area contributed by atoms with Gasteiger partial charge in [0.05, 0.1) is 30.8 Å². The first-order valence-electron chi connectivity index (χ1n) is 8.91. The van der Waals surface area contributed by atoms with Crippen LogP contribution in [-0.2, 0) is 9.84 Å². The standard InChI is InChI=1S/C19H24N2O4S/c1-26(23,24)16-9-7-15(8-10-16)19(22)20-14-17(18-6-5-13-25-18)21-11-3-2-4-12-21/h5-10,13,17H,2-4,11-12,14H2,1H3,(H,20,22)/p+1/t17-/m1/s1. The van der Waals surface area contributed by atoms with E-state index >= 15 is 0 Å². The molecule has 6 nitrogen and oxygen atoms in total. The van der Waals surface area contributed by atoms with E-state index in [4.69, 9.17) is 4.42 Å². The maximum atomic E-state index is 12.5. The zero-order valence-corrected chi connectivity index (χ0v) is 15.7. The van der Waals surface area contributed by atoms with Crippen molar-refractivity contribution in [3.8, 4) is 0 Å². The molecule has 1 atom stereocenters. The average molecular weight is 377 g/mol. The van der Waals surface area contributed by atoms with Crippen LogP contribution in [0.15, 0.2) is 52.0 Å². The van der Waals surface area contributed by atoms with E-state index < -0.39 is 9.84 Å². The van der Waals surface area contributed by atoms with Crippen molar-refractivity contribution in [2.24, 2.45) is 0 Å². The van der Waals surface area contributed by atoms with Crippen molar-refractivity contribution in [1.82, 2.24) is 5.32 Å². The average Bonchev–Trinajstić information content (AvgIpc) is 3.16. The number of quaternary nitrogens is 1. The maximum Gasteiger partial charge on any atom is 0.251 e. The summed E-state index contributed by atoms with van der Waals surface area (Å²) in [5.41, 5.74) is 0.448. The van der Waals surface area contributed by atoms with Gasteiger partial charge in [-0.3, -0.25) is 4.79 Å². The molecule has 3 rings (SSSR count). The van der Waals surface area contributed by atoms with Gasteiger partial charge in [-0.2, -0.15) is 0 Å². The molecule has 140 valence electrons. The van der Waals surface area contributed by atoms with Crippen LogP contribution < -0.4 is 10.2 Å². The van der Waals surface area contributed by atoms with Gasteiger partial charge in [0.1, 0.15) is 0 Å². The SMILES string of the molecule is CS(=O)(=O)c1ccc(C(=O)NC[C@H](c2ccco2)[NH+]2CCCCC2)cc1. The summed E-state index contributed by atoms with van der Waals surface area (Å²) in [5.74, 6) is 0.674. The van der Waals surface area contributed by atoms with Gasteiger partial charge in [-0.25, -0.2) is 8.42 Å². The Morgan fingerprint density at radius 1 is 1.15 bits per heavy atom. The lowest BCUT2D eigenvalue weighted by atomic mass is 10.1. The van der Waals surface area contributed by atoms with Crippen LogP contribution in [0, 0.1) is 0 Å². The van der Waals surface area contributed by atoms with Gasteiger partial charge in [-0.1, -0.05) is 0 Å². The number of likely N-dealkylation sites (tertiary alicyclic amines) is 1. The van der Waals surface area contributed by atoms with Crippen LogP contribution in [0.25, 0.3) is 0 Å². The first-order chi connectivity index (χ1) is 12.4. The van der Waals surface area contributed by atoms with E-state index in [1.54, 1.807) is 18.4 Å². The van der Waals surface area contributed by atoms with Crippen LogP contribution in [0.4, 0.5) is 0 Å². The Kier molecular flexibility index (Phi) is 5.78. The van der Waals surface area contributed by atoms with Crippen LogP contribution in [-0.4, -0.2) is 40.2 Å². The summed E-state index contributed by atoms with van der Waals surface area (Å²) in [6, 6.07) is 9.93. The van der Waals surface area contributed by atoms with Gasteiger partial charge in [0, 0.05) is 11.8 Å². The fourth-order valence-corrected chi connectivity index (χ4v) is 4.07. The number of benzene rings is 1. The molecule has 0 aliphatic carbocycles. The zero-order valence-electron chi connectivity index (χ0n) is 14.9. The number of piperidine rings is 1. The second-order valence-corrected chi connectivity index (χ2v) is 8.81. The van der Waals surface area contributed by atoms with E-state index in [9.17, 15) is 13.2 Å². The second-order valence-electron chi connectivity index (χ2n) is 6.79. The molecule has 0 spiro atoms. The largest absolute Gasteiger partial charge is 0.463 e. The van der Waals surface area contributed by atoms with Crippen LogP contribution in [0.5, 0.6) is 0 Å². The third-order valence-corrected chi connectivity index (χ3v) is 6.02. The molecule has 0 saturated carbocycles. The molecular weight excluding hydrogens is 352 g/mol. The van der Waals surface area contributed by atoms with Crippen molar-refractivity contribution >= 4 is 15.7 Å². The molecule has 2 N–H and O–H groups in total. The van der Waals surface area contributed by atoms with Gasteiger partial charge in [0.25, 0.3) is 5.91 Å². The lowest BCUT2D eigenvalue weighted by Crippen LogP contribution is -3.13. The Bertz CT molecular complexity index is 823. The second kappa shape index (κ2) is 8.05. The monoisotopic (exact) mass is 377 g/mol. The van der Waals surface area contributed by atoms with Crippen molar-refractivity contribution in [1.29, 1.82) is 0 Å². The Labute approximate surface area is 154 Å². The minimum atomic E-state index is -3.26. The molecule has 0 unspecified atom stereocenters. The highest BCUT2D eigenvalue weighted by Gasteiger charge is 2.28. The molecule has 1 aromatic heterocycles. The van der Waals surface area contributed by atoms with Crippen molar-refractivity contribution in [2.45, 2.75) is 30.2 Å². The van der Waals surface area contributed by atoms with E-state index in [1.807, 2.05) is 12.1 Å². The quantitative estimate of drug-likeness (QED) is 0.793. The fraction of sp³-hybridized carbons (Fsp3) is 0.421. The van der Waals surface area contributed by atoms with Gasteiger partial charge in [-0.15, -0.1) is 0 Å². The zero-order chi connectivity index (χ0) is 18.6. The molecule has 1 aliphatic rings. The number of amides is 1. The summed E-state index contributed by atoms with van der Waals surface area (Å²) < 4.78 is 28.6. The minimum Gasteiger partial charge on any atom is -0.463 e. The summed E-state index contributed by atoms with van der Waals surface area (Å²) in [7, 11) is -3.26. The predicted octanol–water partition coefficient (Wildman–Crippen LogP) is 1.22. The minimum absolute atomic E-state index is 0.0875. The highest BCUT2D eigenvalue weighted by Crippen LogP contribution is 2.13. The van der Waals surface area contributed by atoms with Gasteiger partial charge in [-0.05, 0) is 55.7 Å². The summed E-state index contributed by atoms with van der Waals surface area (Å²) in [4.78, 5) is 14.1. The lowest BCUT2D eigenvalue weighted by molar-refractivity contribution is -0.936. The van der Waals surface area contributed by atoms with Gasteiger partial charge in [0.15, 0.2) is 21.6 Å². The van der Waals surface area contributed by atoms with Crippen LogP contribution >= 0.6 is 0 Å². The van der Waals surface area contributed by atoms with Crippen molar-refractivity contribution in [3.05, 3.63) is 54.0 Å². The first kappa shape index (κ1) is 18.7. The molecule has 1 amide bonds. The molecule has 0 radical (unpaired) electrons. The van der Waals surface area contributed by atoms with Gasteiger partial charge < -0.3 is 14.6 Å². The lowest BCUT2D eigenvalue weighted by Gasteiger charge is -2.30. The molecular formula is C19H25N2O4S+. The maximum absolute atomic E-state index is 12.5. The number of furan rings is 1. The van der Waals surface area contributed by atoms with Crippen LogP contribution in [0.1, 0.15) is 41.4 Å². The summed E-state index contributed by atoms with van der Waals surface area (Å²) >= 11 is 0. The van der Waals surface area contributed by atoms with E-state index in [0.717, 1.165) is 25.1 Å². The third-order valence-electron chi connectivity index (χ3n) is 4.89. The Morgan fingerprint density at radius 2 is 1.85 bits per heavy atom. The molecule has 1 fully saturated rings. The van der Waals surface area contributed by atoms with Gasteiger partial charge in [0.2, 0.25) is 0 Å². The highest BCUT2D eigenvalue weighted by molar-refractivity contribution is 7.90. The van der Waals surface area contributed by atoms with E-state index in [-0.39, 0.29) is 16.8 Å². The topological polar surface area (TPSA) is 80.8 Å². The molecule has 1 aromatic carbocycles. The summed E-state index contributed by atoms with van der Waals surface area (Å²) in [5, 5.41) is 2.97. The Morgan fingerprint density at radius 3 is 2.42 bits per heavy atom. The number of hydrogen-bond donors (Lipinski definition) is 2. The Balaban J connectivity index is 1.67. The number of nitrogens with one attached hydrogen (secondary N) is 2. The number of carbonyl (C=O) groups is 1. The Hall–Kier alpha value is -2.12. The van der Waals surface area contributed by atoms with E-state index in [2.05, 4.69) is 5.32 Å². The predicted molar refractivity (Wildman–Crippen MR) is 97.9 cm³/mol. The number of hydrogen-bond acceptors (Lipinski definition) is 4. The number of carbonyl (C=O) groups excluding carboxylic acids is 1. The molecule has 2 aromatic rings. The van der Waals surface area contributed by atoms with Crippen LogP contribution in [0.2, 0.25) is 0 Å². The first-order valence-corrected chi connectivity index (χ1v) is 10.8. The van der Waals surface area contributed by atoms with Gasteiger partial charge >= 0.3 is 0 Å². The normalized spacial score (nSPS) is 17.0. The van der Waals surface area contributed by atoms with Crippen molar-refractivity contribution < 1.29 is 22.5 Å². The number of sulfone groups is 1. The molecule has 0 bridgehead atoms. The molecule has 1 saturated heterocycles. The summed E-state index contributed by atoms with van der Waals surface area (Å²) in [6.45, 7) is 2.63. The van der Waals surface area contributed by atoms with Crippen LogP contribution in [0.3, 0.4) is 0 Å². The summed E-state index contributed by atoms with van der Waals surface area (Å²) in [6.07, 6.45) is 6.45. The van der Waals surface area contributed by atoms with Crippen molar-refractivity contribution in [3.63, 3.8) is 0 Å². The fourth-order valence-electron chi connectivity index (χ4n) is 3.44. The molecule has 7 heteroatoms. The number of rotatable bonds is 6. The molecule has 2 heterocycles. The highest BCUT2D eigenvalue weighted by atomic mass is 32.2. The molecule has 1 aliphatic heterocycles. The van der Waals surface area contributed by atoms with E-state index in [0.29, 0.717) is 12.1 Å². The third kappa shape index (κ3) is 4.53. The molecule has 26 heavy (non-hydrogen) atoms. The smallest absolute Gasteiger partial charge is 0.251 e. The van der Waals surface area contributed by atoms with Crippen molar-refractivity contribution in [2.75, 3.05) is 25.9 Å².